The predicted molar refractivity (Wildman–Crippen MR) is 112 cm³/mol. The number of carbonyl (C=O) groups is 1. The van der Waals surface area contributed by atoms with E-state index in [0.717, 1.165) is 27.2 Å². The lowest BCUT2D eigenvalue weighted by Crippen LogP contribution is -2.28. The summed E-state index contributed by atoms with van der Waals surface area (Å²) in [6.45, 7) is 1.12. The summed E-state index contributed by atoms with van der Waals surface area (Å²) in [6, 6.07) is 17.7. The van der Waals surface area contributed by atoms with Crippen LogP contribution in [0.1, 0.15) is 21.7 Å². The number of nitrogens with zero attached hydrogens (tertiary/aromatic N) is 2. The van der Waals surface area contributed by atoms with Crippen LogP contribution in [0.4, 0.5) is 0 Å². The van der Waals surface area contributed by atoms with Crippen molar-refractivity contribution in [2.24, 2.45) is 0 Å². The van der Waals surface area contributed by atoms with Crippen LogP contribution in [0.15, 0.2) is 66.2 Å². The number of carbonyl (C=O) groups excluding carboxylic acids is 1. The molecule has 0 saturated carbocycles. The number of thiophene rings is 1. The Balaban J connectivity index is 1.56. The van der Waals surface area contributed by atoms with Crippen molar-refractivity contribution in [3.8, 4) is 5.75 Å². The highest BCUT2D eigenvalue weighted by Gasteiger charge is 2.17. The summed E-state index contributed by atoms with van der Waals surface area (Å²) in [5, 5.41) is 5.07. The molecule has 0 atom stereocenters. The van der Waals surface area contributed by atoms with E-state index >= 15 is 0 Å². The summed E-state index contributed by atoms with van der Waals surface area (Å²) in [6.07, 6.45) is 2.47. The van der Waals surface area contributed by atoms with Gasteiger partial charge >= 0.3 is 0 Å². The molecule has 0 aliphatic rings. The highest BCUT2D eigenvalue weighted by atomic mass is 32.1. The molecule has 0 saturated heterocycles. The third kappa shape index (κ3) is 3.77. The van der Waals surface area contributed by atoms with E-state index in [9.17, 15) is 4.79 Å². The van der Waals surface area contributed by atoms with Gasteiger partial charge in [0.1, 0.15) is 11.4 Å². The van der Waals surface area contributed by atoms with Gasteiger partial charge in [0.2, 0.25) is 0 Å². The van der Waals surface area contributed by atoms with Gasteiger partial charge in [-0.3, -0.25) is 9.78 Å². The molecule has 0 unspecified atom stereocenters. The first kappa shape index (κ1) is 18.3. The number of amides is 1. The Labute approximate surface area is 167 Å². The van der Waals surface area contributed by atoms with Crippen molar-refractivity contribution in [2.45, 2.75) is 13.0 Å². The van der Waals surface area contributed by atoms with Crippen LogP contribution in [0.2, 0.25) is 0 Å². The summed E-state index contributed by atoms with van der Waals surface area (Å²) in [5.74, 6) is 0.746. The van der Waals surface area contributed by atoms with Crippen molar-refractivity contribution in [3.63, 3.8) is 0 Å². The maximum Gasteiger partial charge on any atom is 0.267 e. The van der Waals surface area contributed by atoms with Crippen molar-refractivity contribution < 1.29 is 9.53 Å². The largest absolute Gasteiger partial charge is 0.496 e. The molecule has 142 valence electrons. The summed E-state index contributed by atoms with van der Waals surface area (Å²) in [7, 11) is 1.67. The van der Waals surface area contributed by atoms with Gasteiger partial charge in [0, 0.05) is 30.4 Å². The fourth-order valence-corrected chi connectivity index (χ4v) is 4.10. The number of hydrogen-bond donors (Lipinski definition) is 1. The van der Waals surface area contributed by atoms with Crippen molar-refractivity contribution in [1.29, 1.82) is 0 Å². The highest BCUT2D eigenvalue weighted by molar-refractivity contribution is 7.17. The molecule has 0 spiro atoms. The van der Waals surface area contributed by atoms with E-state index in [1.807, 2.05) is 53.9 Å². The van der Waals surface area contributed by atoms with Crippen LogP contribution in [0.25, 0.3) is 10.2 Å². The van der Waals surface area contributed by atoms with Crippen LogP contribution < -0.4 is 10.1 Å². The Hall–Kier alpha value is -3.12. The summed E-state index contributed by atoms with van der Waals surface area (Å²) in [5.41, 5.74) is 3.73. The first-order valence-corrected chi connectivity index (χ1v) is 10.0. The molecule has 1 N–H and O–H groups in total. The Bertz CT molecular complexity index is 1090. The fraction of sp³-hybridized carbons (Fsp3) is 0.182. The van der Waals surface area contributed by atoms with Gasteiger partial charge in [-0.1, -0.05) is 24.3 Å². The topological polar surface area (TPSA) is 56.1 Å². The molecule has 1 aromatic carbocycles. The molecule has 1 amide bonds. The highest BCUT2D eigenvalue weighted by Crippen LogP contribution is 2.28. The standard InChI is InChI=1S/C22H21N3O2S/c1-27-20-8-3-2-6-16(20)15-25-18-10-13-28-21(18)14-19(25)22(26)24-12-9-17-7-4-5-11-23-17/h2-8,10-11,13-14H,9,12,15H2,1H3,(H,24,26). The summed E-state index contributed by atoms with van der Waals surface area (Å²) >= 11 is 1.64. The Kier molecular flexibility index (Phi) is 5.39. The molecule has 0 fully saturated rings. The number of fused-ring (bicyclic) bond motifs is 1. The first-order chi connectivity index (χ1) is 13.8. The molecular formula is C22H21N3O2S. The van der Waals surface area contributed by atoms with E-state index in [1.165, 1.54) is 0 Å². The van der Waals surface area contributed by atoms with Crippen molar-refractivity contribution in [1.82, 2.24) is 14.9 Å². The van der Waals surface area contributed by atoms with Gasteiger partial charge in [-0.05, 0) is 35.7 Å². The SMILES string of the molecule is COc1ccccc1Cn1c(C(=O)NCCc2ccccn2)cc2sccc21. The zero-order valence-electron chi connectivity index (χ0n) is 15.6. The van der Waals surface area contributed by atoms with E-state index in [-0.39, 0.29) is 5.91 Å². The second kappa shape index (κ2) is 8.27. The molecule has 4 aromatic rings. The third-order valence-electron chi connectivity index (χ3n) is 4.67. The molecule has 4 rings (SSSR count). The van der Waals surface area contributed by atoms with E-state index in [4.69, 9.17) is 4.74 Å². The molecular weight excluding hydrogens is 370 g/mol. The maximum absolute atomic E-state index is 12.9. The second-order valence-corrected chi connectivity index (χ2v) is 7.37. The minimum atomic E-state index is -0.0748. The van der Waals surface area contributed by atoms with E-state index in [2.05, 4.69) is 20.9 Å². The van der Waals surface area contributed by atoms with Crippen molar-refractivity contribution >= 4 is 27.5 Å². The zero-order chi connectivity index (χ0) is 19.3. The Morgan fingerprint density at radius 2 is 2.04 bits per heavy atom. The van der Waals surface area contributed by atoms with E-state index in [0.29, 0.717) is 25.2 Å². The number of nitrogens with one attached hydrogen (secondary N) is 1. The number of hydrogen-bond acceptors (Lipinski definition) is 4. The van der Waals surface area contributed by atoms with Crippen LogP contribution in [0.5, 0.6) is 5.75 Å². The lowest BCUT2D eigenvalue weighted by molar-refractivity contribution is 0.0945. The van der Waals surface area contributed by atoms with Crippen LogP contribution in [0, 0.1) is 0 Å². The van der Waals surface area contributed by atoms with E-state index in [1.54, 1.807) is 24.6 Å². The zero-order valence-corrected chi connectivity index (χ0v) is 16.4. The average Bonchev–Trinajstić information content (AvgIpc) is 3.32. The molecule has 0 aliphatic heterocycles. The van der Waals surface area contributed by atoms with Crippen LogP contribution in [-0.4, -0.2) is 29.1 Å². The van der Waals surface area contributed by atoms with Gasteiger partial charge in [0.05, 0.1) is 23.9 Å². The normalized spacial score (nSPS) is 10.9. The fourth-order valence-electron chi connectivity index (χ4n) is 3.28. The number of pyridine rings is 1. The van der Waals surface area contributed by atoms with Crippen LogP contribution in [0.3, 0.4) is 0 Å². The van der Waals surface area contributed by atoms with Crippen LogP contribution >= 0.6 is 11.3 Å². The molecule has 5 nitrogen and oxygen atoms in total. The number of aromatic nitrogens is 2. The van der Waals surface area contributed by atoms with Gasteiger partial charge < -0.3 is 14.6 Å². The molecule has 3 heterocycles. The van der Waals surface area contributed by atoms with Crippen molar-refractivity contribution in [2.75, 3.05) is 13.7 Å². The summed E-state index contributed by atoms with van der Waals surface area (Å²) in [4.78, 5) is 17.2. The molecule has 28 heavy (non-hydrogen) atoms. The second-order valence-electron chi connectivity index (χ2n) is 6.42. The van der Waals surface area contributed by atoms with Crippen LogP contribution in [-0.2, 0) is 13.0 Å². The van der Waals surface area contributed by atoms with Gasteiger partial charge in [-0.15, -0.1) is 11.3 Å². The minimum Gasteiger partial charge on any atom is -0.496 e. The molecule has 6 heteroatoms. The van der Waals surface area contributed by atoms with Gasteiger partial charge in [0.15, 0.2) is 0 Å². The van der Waals surface area contributed by atoms with E-state index < -0.39 is 0 Å². The lowest BCUT2D eigenvalue weighted by atomic mass is 10.2. The van der Waals surface area contributed by atoms with Gasteiger partial charge in [0.25, 0.3) is 5.91 Å². The molecule has 3 aromatic heterocycles. The van der Waals surface area contributed by atoms with Crippen molar-refractivity contribution in [3.05, 3.63) is 83.1 Å². The van der Waals surface area contributed by atoms with Gasteiger partial charge in [-0.2, -0.15) is 0 Å². The number of ether oxygens (including phenoxy) is 1. The molecule has 0 radical (unpaired) electrons. The number of benzene rings is 1. The number of para-hydroxylation sites is 1. The minimum absolute atomic E-state index is 0.0748. The molecule has 0 bridgehead atoms. The maximum atomic E-state index is 12.9. The first-order valence-electron chi connectivity index (χ1n) is 9.13. The van der Waals surface area contributed by atoms with Gasteiger partial charge in [-0.25, -0.2) is 0 Å². The lowest BCUT2D eigenvalue weighted by Gasteiger charge is -2.13. The number of methoxy groups -OCH3 is 1. The smallest absolute Gasteiger partial charge is 0.267 e. The average molecular weight is 391 g/mol. The Morgan fingerprint density at radius 1 is 1.18 bits per heavy atom. The number of rotatable bonds is 7. The third-order valence-corrected chi connectivity index (χ3v) is 5.52. The molecule has 0 aliphatic carbocycles. The predicted octanol–water partition coefficient (Wildman–Crippen LogP) is 4.13. The summed E-state index contributed by atoms with van der Waals surface area (Å²) < 4.78 is 8.64. The Morgan fingerprint density at radius 3 is 2.86 bits per heavy atom. The quantitative estimate of drug-likeness (QED) is 0.515. The monoisotopic (exact) mass is 391 g/mol.